The predicted octanol–water partition coefficient (Wildman–Crippen LogP) is 1.88. The Morgan fingerprint density at radius 2 is 2.18 bits per heavy atom. The Morgan fingerprint density at radius 3 is 2.91 bits per heavy atom. The first kappa shape index (κ1) is 15.3. The smallest absolute Gasteiger partial charge is 0.239 e. The zero-order chi connectivity index (χ0) is 15.9. The molecule has 0 radical (unpaired) electrons. The monoisotopic (exact) mass is 302 g/mol. The topological polar surface area (TPSA) is 41.4 Å². The summed E-state index contributed by atoms with van der Waals surface area (Å²) in [7, 11) is 0. The highest BCUT2D eigenvalue weighted by Gasteiger charge is 2.40. The van der Waals surface area contributed by atoms with Crippen LogP contribution in [0.3, 0.4) is 0 Å². The van der Waals surface area contributed by atoms with Gasteiger partial charge in [-0.3, -0.25) is 14.4 Å². The summed E-state index contributed by atoms with van der Waals surface area (Å²) in [5.41, 5.74) is 3.51. The second kappa shape index (κ2) is 5.88. The zero-order valence-electron chi connectivity index (χ0n) is 13.9. The molecule has 0 aromatic carbocycles. The quantitative estimate of drug-likeness (QED) is 0.798. The average Bonchev–Trinajstić information content (AvgIpc) is 3.05. The molecule has 22 heavy (non-hydrogen) atoms. The lowest BCUT2D eigenvalue weighted by molar-refractivity contribution is -0.143. The Hall–Kier alpha value is -1.62. The molecule has 2 aliphatic rings. The van der Waals surface area contributed by atoms with E-state index in [-0.39, 0.29) is 6.04 Å². The lowest BCUT2D eigenvalue weighted by Crippen LogP contribution is -2.58. The molecular formula is C17H26N4O. The number of aromatic nitrogens is 2. The van der Waals surface area contributed by atoms with Crippen molar-refractivity contribution in [3.8, 4) is 0 Å². The molecule has 1 aromatic heterocycles. The van der Waals surface area contributed by atoms with Crippen molar-refractivity contribution in [1.82, 2.24) is 19.6 Å². The summed E-state index contributed by atoms with van der Waals surface area (Å²) in [6.07, 6.45) is 4.15. The minimum atomic E-state index is -0.0316. The molecule has 1 amide bonds. The van der Waals surface area contributed by atoms with Gasteiger partial charge in [0, 0.05) is 36.9 Å². The maximum Gasteiger partial charge on any atom is 0.239 e. The Bertz CT molecular complexity index is 592. The number of fused-ring (bicyclic) bond motifs is 1. The molecule has 0 unspecified atom stereocenters. The van der Waals surface area contributed by atoms with Gasteiger partial charge in [-0.05, 0) is 33.6 Å². The van der Waals surface area contributed by atoms with Gasteiger partial charge in [-0.1, -0.05) is 6.08 Å². The molecule has 3 rings (SSSR count). The van der Waals surface area contributed by atoms with Crippen molar-refractivity contribution in [3.63, 3.8) is 0 Å². The number of hydrogen-bond donors (Lipinski definition) is 0. The van der Waals surface area contributed by atoms with Gasteiger partial charge in [-0.15, -0.1) is 6.58 Å². The van der Waals surface area contributed by atoms with Gasteiger partial charge in [0.25, 0.3) is 0 Å². The second-order valence-corrected chi connectivity index (χ2v) is 6.55. The van der Waals surface area contributed by atoms with Crippen molar-refractivity contribution < 1.29 is 4.79 Å². The van der Waals surface area contributed by atoms with E-state index in [1.54, 1.807) is 0 Å². The SMILES string of the molecule is C=CCn1nc(C)c(CN2C[C@H]3CCCN3C(=O)[C@H]2C)c1C. The standard InChI is InChI=1S/C17H26N4O/c1-5-8-21-13(3)16(12(2)18-21)11-19-10-15-7-6-9-20(15)17(22)14(19)4/h5,14-15H,1,6-11H2,2-4H3/t14-,15-/m1/s1. The molecule has 5 heteroatoms. The third-order valence-corrected chi connectivity index (χ3v) is 5.21. The van der Waals surface area contributed by atoms with Gasteiger partial charge >= 0.3 is 0 Å². The molecule has 2 saturated heterocycles. The van der Waals surface area contributed by atoms with Crippen LogP contribution in [-0.2, 0) is 17.9 Å². The molecule has 120 valence electrons. The molecule has 3 heterocycles. The third kappa shape index (κ3) is 2.47. The van der Waals surface area contributed by atoms with Gasteiger partial charge in [0.1, 0.15) is 0 Å². The van der Waals surface area contributed by atoms with E-state index in [0.717, 1.165) is 44.7 Å². The van der Waals surface area contributed by atoms with E-state index >= 15 is 0 Å². The van der Waals surface area contributed by atoms with Crippen LogP contribution in [0, 0.1) is 13.8 Å². The first-order valence-electron chi connectivity index (χ1n) is 8.21. The molecule has 2 fully saturated rings. The molecule has 5 nitrogen and oxygen atoms in total. The molecule has 2 atom stereocenters. The molecule has 0 bridgehead atoms. The first-order valence-corrected chi connectivity index (χ1v) is 8.21. The summed E-state index contributed by atoms with van der Waals surface area (Å²) < 4.78 is 2.00. The number of carbonyl (C=O) groups excluding carboxylic acids is 1. The molecule has 1 aromatic rings. The number of rotatable bonds is 4. The fourth-order valence-electron chi connectivity index (χ4n) is 3.81. The molecule has 0 spiro atoms. The van der Waals surface area contributed by atoms with Crippen LogP contribution >= 0.6 is 0 Å². The summed E-state index contributed by atoms with van der Waals surface area (Å²) >= 11 is 0. The summed E-state index contributed by atoms with van der Waals surface area (Å²) in [6.45, 7) is 13.5. The van der Waals surface area contributed by atoms with Crippen molar-refractivity contribution in [1.29, 1.82) is 0 Å². The summed E-state index contributed by atoms with van der Waals surface area (Å²) in [5.74, 6) is 0.294. The zero-order valence-corrected chi connectivity index (χ0v) is 13.9. The van der Waals surface area contributed by atoms with E-state index in [1.807, 2.05) is 17.7 Å². The summed E-state index contributed by atoms with van der Waals surface area (Å²) in [5, 5.41) is 4.60. The van der Waals surface area contributed by atoms with Crippen molar-refractivity contribution in [2.24, 2.45) is 0 Å². The second-order valence-electron chi connectivity index (χ2n) is 6.55. The molecule has 0 aliphatic carbocycles. The Balaban J connectivity index is 1.80. The van der Waals surface area contributed by atoms with Gasteiger partial charge in [-0.25, -0.2) is 0 Å². The lowest BCUT2D eigenvalue weighted by atomic mass is 10.1. The summed E-state index contributed by atoms with van der Waals surface area (Å²) in [4.78, 5) is 16.9. The normalized spacial score (nSPS) is 25.6. The summed E-state index contributed by atoms with van der Waals surface area (Å²) in [6, 6.07) is 0.378. The van der Waals surface area contributed by atoms with Gasteiger partial charge in [-0.2, -0.15) is 5.10 Å². The van der Waals surface area contributed by atoms with Gasteiger partial charge in [0.15, 0.2) is 0 Å². The number of carbonyl (C=O) groups is 1. The van der Waals surface area contributed by atoms with Crippen LogP contribution < -0.4 is 0 Å². The molecule has 2 aliphatic heterocycles. The fraction of sp³-hybridized carbons (Fsp3) is 0.647. The van der Waals surface area contributed by atoms with Crippen LogP contribution in [0.15, 0.2) is 12.7 Å². The first-order chi connectivity index (χ1) is 10.5. The van der Waals surface area contributed by atoms with Crippen molar-refractivity contribution >= 4 is 5.91 Å². The molecular weight excluding hydrogens is 276 g/mol. The predicted molar refractivity (Wildman–Crippen MR) is 86.5 cm³/mol. The maximum absolute atomic E-state index is 12.5. The van der Waals surface area contributed by atoms with E-state index in [1.165, 1.54) is 11.3 Å². The van der Waals surface area contributed by atoms with Crippen molar-refractivity contribution in [2.45, 2.75) is 58.8 Å². The maximum atomic E-state index is 12.5. The number of hydrogen-bond acceptors (Lipinski definition) is 3. The van der Waals surface area contributed by atoms with Crippen LogP contribution in [0.25, 0.3) is 0 Å². The van der Waals surface area contributed by atoms with Crippen LogP contribution in [0.4, 0.5) is 0 Å². The number of nitrogens with zero attached hydrogens (tertiary/aromatic N) is 4. The number of piperazine rings is 1. The van der Waals surface area contributed by atoms with E-state index < -0.39 is 0 Å². The highest BCUT2D eigenvalue weighted by Crippen LogP contribution is 2.27. The highest BCUT2D eigenvalue weighted by atomic mass is 16.2. The van der Waals surface area contributed by atoms with Crippen molar-refractivity contribution in [3.05, 3.63) is 29.6 Å². The van der Waals surface area contributed by atoms with Crippen LogP contribution in [0.1, 0.15) is 36.7 Å². The average molecular weight is 302 g/mol. The third-order valence-electron chi connectivity index (χ3n) is 5.21. The number of allylic oxidation sites excluding steroid dienone is 1. The Labute approximate surface area is 132 Å². The Morgan fingerprint density at radius 1 is 1.41 bits per heavy atom. The highest BCUT2D eigenvalue weighted by molar-refractivity contribution is 5.83. The van der Waals surface area contributed by atoms with Crippen LogP contribution in [0.5, 0.6) is 0 Å². The lowest BCUT2D eigenvalue weighted by Gasteiger charge is -2.41. The number of amides is 1. The van der Waals surface area contributed by atoms with Crippen LogP contribution in [0.2, 0.25) is 0 Å². The van der Waals surface area contributed by atoms with Crippen molar-refractivity contribution in [2.75, 3.05) is 13.1 Å². The van der Waals surface area contributed by atoms with E-state index in [4.69, 9.17) is 0 Å². The largest absolute Gasteiger partial charge is 0.337 e. The van der Waals surface area contributed by atoms with Gasteiger partial charge in [0.2, 0.25) is 5.91 Å². The van der Waals surface area contributed by atoms with E-state index in [2.05, 4.69) is 35.3 Å². The van der Waals surface area contributed by atoms with E-state index in [0.29, 0.717) is 11.9 Å². The molecule has 0 saturated carbocycles. The molecule has 0 N–H and O–H groups in total. The van der Waals surface area contributed by atoms with Gasteiger partial charge < -0.3 is 4.90 Å². The fourth-order valence-corrected chi connectivity index (χ4v) is 3.81. The minimum Gasteiger partial charge on any atom is -0.337 e. The van der Waals surface area contributed by atoms with E-state index in [9.17, 15) is 4.79 Å². The minimum absolute atomic E-state index is 0.0316. The van der Waals surface area contributed by atoms with Gasteiger partial charge in [0.05, 0.1) is 18.3 Å². The Kier molecular flexibility index (Phi) is 4.08. The van der Waals surface area contributed by atoms with Crippen LogP contribution in [-0.4, -0.2) is 50.7 Å². The number of aryl methyl sites for hydroxylation is 1.